The highest BCUT2D eigenvalue weighted by molar-refractivity contribution is 5.88. The maximum atomic E-state index is 15.3. The Labute approximate surface area is 180 Å². The lowest BCUT2D eigenvalue weighted by Gasteiger charge is -2.28. The normalized spacial score (nSPS) is 19.1. The summed E-state index contributed by atoms with van der Waals surface area (Å²) in [6, 6.07) is 18.8. The summed E-state index contributed by atoms with van der Waals surface area (Å²) < 4.78 is 15.3. The van der Waals surface area contributed by atoms with Crippen molar-refractivity contribution in [3.05, 3.63) is 84.2 Å². The SMILES string of the molecule is C=CCCC1CCC(c2ccc(-c3ccc4cc(CCC)ccc4c3F)cc2)CC1. The minimum Gasteiger partial charge on any atom is -0.206 e. The third-order valence-electron chi connectivity index (χ3n) is 6.88. The van der Waals surface area contributed by atoms with E-state index >= 15 is 4.39 Å². The van der Waals surface area contributed by atoms with Crippen molar-refractivity contribution >= 4 is 10.8 Å². The lowest BCUT2D eigenvalue weighted by molar-refractivity contribution is 0.312. The van der Waals surface area contributed by atoms with E-state index in [-0.39, 0.29) is 5.82 Å². The molecule has 1 saturated carbocycles. The van der Waals surface area contributed by atoms with Crippen LogP contribution in [0.25, 0.3) is 21.9 Å². The number of aryl methyl sites for hydroxylation is 1. The van der Waals surface area contributed by atoms with Crippen LogP contribution in [0.4, 0.5) is 4.39 Å². The number of rotatable bonds is 7. The van der Waals surface area contributed by atoms with Crippen LogP contribution in [0.5, 0.6) is 0 Å². The first kappa shape index (κ1) is 20.8. The molecule has 0 bridgehead atoms. The molecular weight excluding hydrogens is 367 g/mol. The Kier molecular flexibility index (Phi) is 6.67. The van der Waals surface area contributed by atoms with Crippen LogP contribution >= 0.6 is 0 Å². The molecule has 30 heavy (non-hydrogen) atoms. The van der Waals surface area contributed by atoms with Crippen LogP contribution in [0.2, 0.25) is 0 Å². The van der Waals surface area contributed by atoms with Crippen LogP contribution in [0.3, 0.4) is 0 Å². The van der Waals surface area contributed by atoms with Crippen molar-refractivity contribution < 1.29 is 4.39 Å². The van der Waals surface area contributed by atoms with Crippen LogP contribution < -0.4 is 0 Å². The van der Waals surface area contributed by atoms with E-state index in [9.17, 15) is 0 Å². The van der Waals surface area contributed by atoms with Crippen molar-refractivity contribution in [2.24, 2.45) is 5.92 Å². The van der Waals surface area contributed by atoms with Crippen LogP contribution in [0, 0.1) is 11.7 Å². The van der Waals surface area contributed by atoms with Crippen molar-refractivity contribution in [1.29, 1.82) is 0 Å². The Hall–Kier alpha value is -2.41. The fourth-order valence-corrected chi connectivity index (χ4v) is 5.08. The largest absolute Gasteiger partial charge is 0.206 e. The van der Waals surface area contributed by atoms with Crippen LogP contribution in [0.1, 0.15) is 68.9 Å². The number of hydrogen-bond acceptors (Lipinski definition) is 0. The molecule has 0 aliphatic heterocycles. The Bertz CT molecular complexity index is 991. The standard InChI is InChI=1S/C29H33F/c1-3-5-7-21-8-11-23(12-9-21)24-13-15-25(16-14-24)27-19-17-26-20-22(6-4-2)10-18-28(26)29(27)30/h3,10,13-21,23H,1,4-9,11-12H2,2H3. The third kappa shape index (κ3) is 4.51. The summed E-state index contributed by atoms with van der Waals surface area (Å²) in [7, 11) is 0. The second-order valence-corrected chi connectivity index (χ2v) is 8.94. The van der Waals surface area contributed by atoms with Gasteiger partial charge >= 0.3 is 0 Å². The van der Waals surface area contributed by atoms with E-state index < -0.39 is 0 Å². The van der Waals surface area contributed by atoms with Gasteiger partial charge in [0.05, 0.1) is 0 Å². The Morgan fingerprint density at radius 3 is 2.43 bits per heavy atom. The van der Waals surface area contributed by atoms with Crippen LogP contribution in [0.15, 0.2) is 67.3 Å². The van der Waals surface area contributed by atoms with Gasteiger partial charge in [-0.1, -0.05) is 74.0 Å². The molecule has 1 fully saturated rings. The zero-order chi connectivity index (χ0) is 20.9. The van der Waals surface area contributed by atoms with Gasteiger partial charge in [0, 0.05) is 10.9 Å². The lowest BCUT2D eigenvalue weighted by atomic mass is 9.77. The highest BCUT2D eigenvalue weighted by Gasteiger charge is 2.22. The van der Waals surface area contributed by atoms with E-state index in [0.717, 1.165) is 36.1 Å². The second-order valence-electron chi connectivity index (χ2n) is 8.94. The predicted molar refractivity (Wildman–Crippen MR) is 127 cm³/mol. The van der Waals surface area contributed by atoms with Gasteiger partial charge in [0.25, 0.3) is 0 Å². The van der Waals surface area contributed by atoms with Gasteiger partial charge in [-0.25, -0.2) is 4.39 Å². The first-order valence-corrected chi connectivity index (χ1v) is 11.6. The van der Waals surface area contributed by atoms with E-state index in [1.807, 2.05) is 18.2 Å². The molecule has 3 aromatic carbocycles. The van der Waals surface area contributed by atoms with Crippen LogP contribution in [-0.4, -0.2) is 0 Å². The number of halogens is 1. The fraction of sp³-hybridized carbons (Fsp3) is 0.379. The van der Waals surface area contributed by atoms with Gasteiger partial charge in [0.2, 0.25) is 0 Å². The van der Waals surface area contributed by atoms with E-state index in [2.05, 4.69) is 56.0 Å². The van der Waals surface area contributed by atoms with Crippen molar-refractivity contribution in [2.75, 3.05) is 0 Å². The summed E-state index contributed by atoms with van der Waals surface area (Å²) in [6.45, 7) is 6.02. The van der Waals surface area contributed by atoms with Gasteiger partial charge in [0.15, 0.2) is 0 Å². The number of hydrogen-bond donors (Lipinski definition) is 0. The van der Waals surface area contributed by atoms with E-state index in [1.54, 1.807) is 0 Å². The maximum absolute atomic E-state index is 15.3. The zero-order valence-electron chi connectivity index (χ0n) is 18.2. The van der Waals surface area contributed by atoms with Crippen molar-refractivity contribution in [3.63, 3.8) is 0 Å². The minimum atomic E-state index is -0.106. The van der Waals surface area contributed by atoms with Crippen molar-refractivity contribution in [3.8, 4) is 11.1 Å². The molecule has 0 saturated heterocycles. The molecule has 0 amide bonds. The van der Waals surface area contributed by atoms with Gasteiger partial charge in [-0.3, -0.25) is 0 Å². The van der Waals surface area contributed by atoms with E-state index in [4.69, 9.17) is 0 Å². The van der Waals surface area contributed by atoms with E-state index in [0.29, 0.717) is 16.9 Å². The van der Waals surface area contributed by atoms with Gasteiger partial charge < -0.3 is 0 Å². The minimum absolute atomic E-state index is 0.106. The summed E-state index contributed by atoms with van der Waals surface area (Å²) in [5, 5.41) is 1.71. The second kappa shape index (κ2) is 9.60. The summed E-state index contributed by atoms with van der Waals surface area (Å²) in [5.74, 6) is 1.41. The number of allylic oxidation sites excluding steroid dienone is 1. The van der Waals surface area contributed by atoms with Gasteiger partial charge in [-0.15, -0.1) is 6.58 Å². The molecule has 0 nitrogen and oxygen atoms in total. The third-order valence-corrected chi connectivity index (χ3v) is 6.88. The molecule has 0 heterocycles. The first-order valence-electron chi connectivity index (χ1n) is 11.6. The molecule has 0 radical (unpaired) electrons. The lowest BCUT2D eigenvalue weighted by Crippen LogP contribution is -2.13. The fourth-order valence-electron chi connectivity index (χ4n) is 5.08. The highest BCUT2D eigenvalue weighted by atomic mass is 19.1. The molecule has 0 atom stereocenters. The van der Waals surface area contributed by atoms with Gasteiger partial charge in [-0.05, 0) is 78.9 Å². The van der Waals surface area contributed by atoms with Crippen molar-refractivity contribution in [2.45, 2.75) is 64.2 Å². The molecule has 156 valence electrons. The predicted octanol–water partition coefficient (Wildman–Crippen LogP) is 8.84. The summed E-state index contributed by atoms with van der Waals surface area (Å²) in [6.07, 6.45) is 11.8. The monoisotopic (exact) mass is 400 g/mol. The maximum Gasteiger partial charge on any atom is 0.138 e. The van der Waals surface area contributed by atoms with Crippen molar-refractivity contribution in [1.82, 2.24) is 0 Å². The smallest absolute Gasteiger partial charge is 0.138 e. The van der Waals surface area contributed by atoms with Gasteiger partial charge in [-0.2, -0.15) is 0 Å². The Morgan fingerprint density at radius 2 is 1.73 bits per heavy atom. The zero-order valence-corrected chi connectivity index (χ0v) is 18.2. The Morgan fingerprint density at radius 1 is 0.967 bits per heavy atom. The van der Waals surface area contributed by atoms with Crippen LogP contribution in [-0.2, 0) is 6.42 Å². The Balaban J connectivity index is 1.50. The molecule has 0 aromatic heterocycles. The average molecular weight is 401 g/mol. The quantitative estimate of drug-likeness (QED) is 0.347. The molecule has 0 N–H and O–H groups in total. The molecule has 1 heteroatoms. The molecule has 0 unspecified atom stereocenters. The summed E-state index contributed by atoms with van der Waals surface area (Å²) >= 11 is 0. The molecule has 0 spiro atoms. The number of benzene rings is 3. The number of fused-ring (bicyclic) bond motifs is 1. The summed E-state index contributed by atoms with van der Waals surface area (Å²) in [4.78, 5) is 0. The molecule has 3 aromatic rings. The first-order chi connectivity index (χ1) is 14.7. The molecule has 1 aliphatic rings. The topological polar surface area (TPSA) is 0 Å². The summed E-state index contributed by atoms with van der Waals surface area (Å²) in [5.41, 5.74) is 4.35. The van der Waals surface area contributed by atoms with E-state index in [1.165, 1.54) is 43.2 Å². The highest BCUT2D eigenvalue weighted by Crippen LogP contribution is 2.38. The average Bonchev–Trinajstić information content (AvgIpc) is 2.79. The molecular formula is C29H33F. The molecule has 4 rings (SSSR count). The van der Waals surface area contributed by atoms with Gasteiger partial charge in [0.1, 0.15) is 5.82 Å². The molecule has 1 aliphatic carbocycles.